The predicted octanol–water partition coefficient (Wildman–Crippen LogP) is 2.90. The van der Waals surface area contributed by atoms with Crippen LogP contribution in [0.5, 0.6) is 0 Å². The Kier molecular flexibility index (Phi) is 4.46. The summed E-state index contributed by atoms with van der Waals surface area (Å²) in [6.07, 6.45) is 5.38. The van der Waals surface area contributed by atoms with Crippen molar-refractivity contribution in [2.24, 2.45) is 5.41 Å². The molecule has 1 aromatic heterocycles. The largest absolute Gasteiger partial charge is 0.344 e. The Balaban J connectivity index is 2.14. The molecule has 1 amide bonds. The Morgan fingerprint density at radius 3 is 2.95 bits per heavy atom. The molecular formula is C16H17ClN2O. The van der Waals surface area contributed by atoms with E-state index in [1.54, 1.807) is 18.3 Å². The van der Waals surface area contributed by atoms with Crippen LogP contribution in [0, 0.1) is 17.3 Å². The Bertz CT molecular complexity index is 596. The number of nitrogens with zero attached hydrogens (tertiary/aromatic N) is 2. The predicted molar refractivity (Wildman–Crippen MR) is 80.2 cm³/mol. The third-order valence-electron chi connectivity index (χ3n) is 3.45. The molecule has 2 rings (SSSR count). The number of allylic oxidation sites excluding steroid dienone is 1. The molecule has 1 aromatic rings. The molecule has 0 unspecified atom stereocenters. The van der Waals surface area contributed by atoms with E-state index in [4.69, 9.17) is 11.6 Å². The van der Waals surface area contributed by atoms with Gasteiger partial charge in [-0.15, -0.1) is 0 Å². The zero-order valence-corrected chi connectivity index (χ0v) is 12.4. The highest BCUT2D eigenvalue weighted by atomic mass is 35.5. The number of hydrogen-bond acceptors (Lipinski definition) is 2. The van der Waals surface area contributed by atoms with Gasteiger partial charge in [-0.2, -0.15) is 0 Å². The lowest BCUT2D eigenvalue weighted by molar-refractivity contribution is -0.119. The summed E-state index contributed by atoms with van der Waals surface area (Å²) in [5.74, 6) is 6.04. The zero-order chi connectivity index (χ0) is 14.6. The molecule has 4 heteroatoms. The summed E-state index contributed by atoms with van der Waals surface area (Å²) in [7, 11) is 0. The lowest BCUT2D eigenvalue weighted by atomic mass is 9.79. The van der Waals surface area contributed by atoms with Crippen molar-refractivity contribution >= 4 is 18.0 Å². The van der Waals surface area contributed by atoms with Gasteiger partial charge in [0.1, 0.15) is 5.69 Å². The quantitative estimate of drug-likeness (QED) is 0.588. The highest BCUT2D eigenvalue weighted by Gasteiger charge is 2.29. The smallest absolute Gasteiger partial charge is 0.209 e. The first-order chi connectivity index (χ1) is 9.51. The maximum atomic E-state index is 10.8. The third kappa shape index (κ3) is 3.61. The van der Waals surface area contributed by atoms with E-state index in [0.29, 0.717) is 10.7 Å². The SMILES string of the molecule is CC1(C)CN(C=O)CC/C1=C\C#Cc1cc(Cl)ccn1. The number of pyridine rings is 1. The normalized spacial score (nSPS) is 19.4. The van der Waals surface area contributed by atoms with E-state index in [2.05, 4.69) is 30.7 Å². The maximum Gasteiger partial charge on any atom is 0.209 e. The van der Waals surface area contributed by atoms with Crippen LogP contribution >= 0.6 is 11.6 Å². The second kappa shape index (κ2) is 6.11. The Morgan fingerprint density at radius 2 is 2.30 bits per heavy atom. The van der Waals surface area contributed by atoms with Gasteiger partial charge in [-0.25, -0.2) is 4.98 Å². The van der Waals surface area contributed by atoms with Gasteiger partial charge in [-0.05, 0) is 30.6 Å². The minimum absolute atomic E-state index is 0.0321. The van der Waals surface area contributed by atoms with Crippen LogP contribution in [0.3, 0.4) is 0 Å². The van der Waals surface area contributed by atoms with Gasteiger partial charge in [-0.1, -0.05) is 36.9 Å². The summed E-state index contributed by atoms with van der Waals surface area (Å²) < 4.78 is 0. The third-order valence-corrected chi connectivity index (χ3v) is 3.69. The number of hydrogen-bond donors (Lipinski definition) is 0. The van der Waals surface area contributed by atoms with Crippen molar-refractivity contribution in [3.63, 3.8) is 0 Å². The average molecular weight is 289 g/mol. The fourth-order valence-electron chi connectivity index (χ4n) is 2.32. The number of amides is 1. The van der Waals surface area contributed by atoms with E-state index >= 15 is 0 Å². The summed E-state index contributed by atoms with van der Waals surface area (Å²) in [4.78, 5) is 16.8. The maximum absolute atomic E-state index is 10.8. The van der Waals surface area contributed by atoms with Crippen molar-refractivity contribution in [2.75, 3.05) is 13.1 Å². The number of carbonyl (C=O) groups excluding carboxylic acids is 1. The molecule has 1 aliphatic heterocycles. The molecule has 0 saturated carbocycles. The zero-order valence-electron chi connectivity index (χ0n) is 11.7. The Labute approximate surface area is 124 Å². The van der Waals surface area contributed by atoms with Crippen molar-refractivity contribution in [3.05, 3.63) is 40.7 Å². The Morgan fingerprint density at radius 1 is 1.50 bits per heavy atom. The number of aromatic nitrogens is 1. The van der Waals surface area contributed by atoms with Gasteiger partial charge in [0.15, 0.2) is 0 Å². The van der Waals surface area contributed by atoms with Crippen LogP contribution in [0.15, 0.2) is 30.0 Å². The van der Waals surface area contributed by atoms with Crippen molar-refractivity contribution in [1.29, 1.82) is 0 Å². The number of rotatable bonds is 1. The van der Waals surface area contributed by atoms with Crippen molar-refractivity contribution < 1.29 is 4.79 Å². The standard InChI is InChI=1S/C16H17ClN2O/c1-16(2)11-19(12-20)9-7-13(16)4-3-5-15-10-14(17)6-8-18-15/h4,6,8,10,12H,7,9,11H2,1-2H3/b13-4+. The first-order valence-corrected chi connectivity index (χ1v) is 6.91. The van der Waals surface area contributed by atoms with Crippen LogP contribution < -0.4 is 0 Å². The van der Waals surface area contributed by atoms with E-state index in [-0.39, 0.29) is 5.41 Å². The molecule has 104 valence electrons. The molecule has 1 aliphatic rings. The van der Waals surface area contributed by atoms with E-state index < -0.39 is 0 Å². The molecule has 0 spiro atoms. The lowest BCUT2D eigenvalue weighted by Gasteiger charge is -2.38. The number of halogens is 1. The molecule has 0 radical (unpaired) electrons. The molecule has 0 aliphatic carbocycles. The molecule has 3 nitrogen and oxygen atoms in total. The second-order valence-electron chi connectivity index (χ2n) is 5.51. The number of piperidine rings is 1. The van der Waals surface area contributed by atoms with E-state index in [1.807, 2.05) is 11.0 Å². The molecule has 0 bridgehead atoms. The summed E-state index contributed by atoms with van der Waals surface area (Å²) in [6.45, 7) is 5.76. The van der Waals surface area contributed by atoms with Gasteiger partial charge >= 0.3 is 0 Å². The van der Waals surface area contributed by atoms with Crippen molar-refractivity contribution in [1.82, 2.24) is 9.88 Å². The minimum atomic E-state index is -0.0321. The first-order valence-electron chi connectivity index (χ1n) is 6.53. The minimum Gasteiger partial charge on any atom is -0.344 e. The van der Waals surface area contributed by atoms with Crippen molar-refractivity contribution in [2.45, 2.75) is 20.3 Å². The summed E-state index contributed by atoms with van der Waals surface area (Å²) in [5.41, 5.74) is 1.90. The molecule has 1 fully saturated rings. The molecule has 0 atom stereocenters. The highest BCUT2D eigenvalue weighted by Crippen LogP contribution is 2.33. The topological polar surface area (TPSA) is 33.2 Å². The van der Waals surface area contributed by atoms with Gasteiger partial charge in [0, 0.05) is 29.7 Å². The molecule has 0 N–H and O–H groups in total. The summed E-state index contributed by atoms with van der Waals surface area (Å²) in [5, 5.41) is 0.636. The molecular weight excluding hydrogens is 272 g/mol. The molecule has 20 heavy (non-hydrogen) atoms. The van der Waals surface area contributed by atoms with Gasteiger partial charge in [0.2, 0.25) is 6.41 Å². The van der Waals surface area contributed by atoms with Gasteiger partial charge in [0.25, 0.3) is 0 Å². The van der Waals surface area contributed by atoms with E-state index in [0.717, 1.165) is 25.9 Å². The van der Waals surface area contributed by atoms with E-state index in [1.165, 1.54) is 5.57 Å². The Hall–Kier alpha value is -1.79. The molecule has 1 saturated heterocycles. The molecule has 0 aromatic carbocycles. The average Bonchev–Trinajstić information content (AvgIpc) is 2.40. The fourth-order valence-corrected chi connectivity index (χ4v) is 2.48. The first kappa shape index (κ1) is 14.6. The van der Waals surface area contributed by atoms with Gasteiger partial charge < -0.3 is 4.90 Å². The van der Waals surface area contributed by atoms with Crippen LogP contribution in [-0.2, 0) is 4.79 Å². The van der Waals surface area contributed by atoms with Crippen LogP contribution in [0.1, 0.15) is 26.0 Å². The highest BCUT2D eigenvalue weighted by molar-refractivity contribution is 6.30. The van der Waals surface area contributed by atoms with Crippen molar-refractivity contribution in [3.8, 4) is 11.8 Å². The van der Waals surface area contributed by atoms with Crippen LogP contribution in [0.2, 0.25) is 5.02 Å². The summed E-state index contributed by atoms with van der Waals surface area (Å²) in [6, 6.07) is 3.47. The van der Waals surface area contributed by atoms with Crippen LogP contribution in [-0.4, -0.2) is 29.4 Å². The number of likely N-dealkylation sites (tertiary alicyclic amines) is 1. The number of carbonyl (C=O) groups is 1. The monoisotopic (exact) mass is 288 g/mol. The van der Waals surface area contributed by atoms with Gasteiger partial charge in [-0.3, -0.25) is 4.79 Å². The van der Waals surface area contributed by atoms with Gasteiger partial charge in [0.05, 0.1) is 0 Å². The second-order valence-corrected chi connectivity index (χ2v) is 5.94. The lowest BCUT2D eigenvalue weighted by Crippen LogP contribution is -2.40. The van der Waals surface area contributed by atoms with Crippen LogP contribution in [0.4, 0.5) is 0 Å². The summed E-state index contributed by atoms with van der Waals surface area (Å²) >= 11 is 5.89. The van der Waals surface area contributed by atoms with Crippen LogP contribution in [0.25, 0.3) is 0 Å². The fraction of sp³-hybridized carbons (Fsp3) is 0.375. The molecule has 2 heterocycles. The van der Waals surface area contributed by atoms with E-state index in [9.17, 15) is 4.79 Å².